The number of nitrogens with one attached hydrogen (secondary N) is 1. The Bertz CT molecular complexity index is 739. The van der Waals surface area contributed by atoms with E-state index in [1.165, 1.54) is 11.1 Å². The summed E-state index contributed by atoms with van der Waals surface area (Å²) < 4.78 is 5.79. The first-order chi connectivity index (χ1) is 11.8. The van der Waals surface area contributed by atoms with Gasteiger partial charge < -0.3 is 10.1 Å². The van der Waals surface area contributed by atoms with Crippen molar-refractivity contribution in [3.63, 3.8) is 0 Å². The van der Waals surface area contributed by atoms with E-state index in [1.54, 1.807) is 0 Å². The van der Waals surface area contributed by atoms with Crippen LogP contribution in [0.25, 0.3) is 0 Å². The Hall–Kier alpha value is -2.45. The highest BCUT2D eigenvalue weighted by molar-refractivity contribution is 6.30. The number of rotatable bonds is 7. The first kappa shape index (κ1) is 16.4. The molecule has 122 valence electrons. The molecule has 0 fully saturated rings. The molecule has 0 spiro atoms. The molecule has 0 atom stereocenters. The quantitative estimate of drug-likeness (QED) is 0.608. The van der Waals surface area contributed by atoms with E-state index in [4.69, 9.17) is 16.3 Å². The van der Waals surface area contributed by atoms with E-state index in [0.29, 0.717) is 6.61 Å². The van der Waals surface area contributed by atoms with Gasteiger partial charge in [-0.25, -0.2) is 0 Å². The molecule has 0 bridgehead atoms. The van der Waals surface area contributed by atoms with E-state index >= 15 is 0 Å². The zero-order chi connectivity index (χ0) is 16.6. The van der Waals surface area contributed by atoms with Crippen molar-refractivity contribution >= 4 is 17.3 Å². The Labute approximate surface area is 148 Å². The predicted molar refractivity (Wildman–Crippen MR) is 101 cm³/mol. The minimum absolute atomic E-state index is 0.587. The highest BCUT2D eigenvalue weighted by atomic mass is 35.5. The van der Waals surface area contributed by atoms with E-state index < -0.39 is 0 Å². The summed E-state index contributed by atoms with van der Waals surface area (Å²) in [5.74, 6) is 0.877. The molecule has 0 heterocycles. The lowest BCUT2D eigenvalue weighted by molar-refractivity contribution is 0.306. The lowest BCUT2D eigenvalue weighted by Gasteiger charge is -2.09. The van der Waals surface area contributed by atoms with Crippen LogP contribution in [0.1, 0.15) is 11.1 Å². The topological polar surface area (TPSA) is 21.3 Å². The van der Waals surface area contributed by atoms with Gasteiger partial charge in [0.05, 0.1) is 0 Å². The second-order valence-electron chi connectivity index (χ2n) is 5.60. The molecule has 0 amide bonds. The molecule has 2 nitrogen and oxygen atoms in total. The summed E-state index contributed by atoms with van der Waals surface area (Å²) in [5.41, 5.74) is 3.54. The van der Waals surface area contributed by atoms with Crippen LogP contribution in [0.4, 0.5) is 5.69 Å². The van der Waals surface area contributed by atoms with Gasteiger partial charge in [0.25, 0.3) is 0 Å². The van der Waals surface area contributed by atoms with E-state index in [2.05, 4.69) is 29.6 Å². The maximum Gasteiger partial charge on any atom is 0.119 e. The standard InChI is InChI=1S/C21H20ClNO/c22-19-8-6-17(7-9-19)14-15-23-20-10-12-21(13-11-20)24-16-18-4-2-1-3-5-18/h1-13,23H,14-16H2. The van der Waals surface area contributed by atoms with Crippen molar-refractivity contribution in [2.24, 2.45) is 0 Å². The van der Waals surface area contributed by atoms with Crippen LogP contribution in [0.5, 0.6) is 5.75 Å². The Kier molecular flexibility index (Phi) is 5.75. The molecule has 3 aromatic carbocycles. The van der Waals surface area contributed by atoms with Gasteiger partial charge in [-0.2, -0.15) is 0 Å². The van der Waals surface area contributed by atoms with Crippen LogP contribution in [-0.2, 0) is 13.0 Å². The molecule has 3 rings (SSSR count). The van der Waals surface area contributed by atoms with Crippen molar-refractivity contribution < 1.29 is 4.74 Å². The van der Waals surface area contributed by atoms with Gasteiger partial charge in [0.2, 0.25) is 0 Å². The van der Waals surface area contributed by atoms with Crippen molar-refractivity contribution in [3.8, 4) is 5.75 Å². The molecule has 24 heavy (non-hydrogen) atoms. The number of benzene rings is 3. The molecular weight excluding hydrogens is 318 g/mol. The molecule has 0 aromatic heterocycles. The lowest BCUT2D eigenvalue weighted by Crippen LogP contribution is -2.04. The summed E-state index contributed by atoms with van der Waals surface area (Å²) in [6, 6.07) is 26.2. The van der Waals surface area contributed by atoms with Crippen LogP contribution >= 0.6 is 11.6 Å². The first-order valence-electron chi connectivity index (χ1n) is 8.05. The number of hydrogen-bond donors (Lipinski definition) is 1. The highest BCUT2D eigenvalue weighted by Gasteiger charge is 1.98. The third-order valence-corrected chi connectivity index (χ3v) is 4.01. The third kappa shape index (κ3) is 5.04. The summed E-state index contributed by atoms with van der Waals surface area (Å²) in [5, 5.41) is 4.20. The molecular formula is C21H20ClNO. The second kappa shape index (κ2) is 8.42. The molecule has 0 unspecified atom stereocenters. The first-order valence-corrected chi connectivity index (χ1v) is 8.42. The summed E-state index contributed by atoms with van der Waals surface area (Å²) in [6.07, 6.45) is 0.962. The van der Waals surface area contributed by atoms with Crippen LogP contribution in [0.3, 0.4) is 0 Å². The van der Waals surface area contributed by atoms with Crippen molar-refractivity contribution in [1.29, 1.82) is 0 Å². The van der Waals surface area contributed by atoms with Gasteiger partial charge in [0.1, 0.15) is 12.4 Å². The van der Waals surface area contributed by atoms with Gasteiger partial charge in [-0.3, -0.25) is 0 Å². The third-order valence-electron chi connectivity index (χ3n) is 3.76. The van der Waals surface area contributed by atoms with Gasteiger partial charge in [0.15, 0.2) is 0 Å². The molecule has 3 heteroatoms. The van der Waals surface area contributed by atoms with E-state index in [1.807, 2.05) is 54.6 Å². The summed E-state index contributed by atoms with van der Waals surface area (Å²) >= 11 is 5.89. The summed E-state index contributed by atoms with van der Waals surface area (Å²) in [4.78, 5) is 0. The Morgan fingerprint density at radius 2 is 1.46 bits per heavy atom. The van der Waals surface area contributed by atoms with Crippen molar-refractivity contribution in [3.05, 3.63) is 95.0 Å². The largest absolute Gasteiger partial charge is 0.489 e. The van der Waals surface area contributed by atoms with Gasteiger partial charge in [0, 0.05) is 17.3 Å². The minimum Gasteiger partial charge on any atom is -0.489 e. The van der Waals surface area contributed by atoms with Crippen molar-refractivity contribution in [2.45, 2.75) is 13.0 Å². The average Bonchev–Trinajstić information content (AvgIpc) is 2.64. The normalized spacial score (nSPS) is 10.4. The smallest absolute Gasteiger partial charge is 0.119 e. The highest BCUT2D eigenvalue weighted by Crippen LogP contribution is 2.17. The fourth-order valence-corrected chi connectivity index (χ4v) is 2.54. The molecule has 0 aliphatic carbocycles. The maximum absolute atomic E-state index is 5.89. The SMILES string of the molecule is Clc1ccc(CCNc2ccc(OCc3ccccc3)cc2)cc1. The Morgan fingerprint density at radius 3 is 2.17 bits per heavy atom. The van der Waals surface area contributed by atoms with Crippen LogP contribution in [0.2, 0.25) is 5.02 Å². The fraction of sp³-hybridized carbons (Fsp3) is 0.143. The van der Waals surface area contributed by atoms with Crippen LogP contribution < -0.4 is 10.1 Å². The zero-order valence-electron chi connectivity index (χ0n) is 13.4. The van der Waals surface area contributed by atoms with Gasteiger partial charge in [-0.05, 0) is 53.9 Å². The van der Waals surface area contributed by atoms with Crippen molar-refractivity contribution in [1.82, 2.24) is 0 Å². The number of anilines is 1. The van der Waals surface area contributed by atoms with Gasteiger partial charge >= 0.3 is 0 Å². The Morgan fingerprint density at radius 1 is 0.750 bits per heavy atom. The predicted octanol–water partition coefficient (Wildman–Crippen LogP) is 5.57. The number of ether oxygens (including phenoxy) is 1. The van der Waals surface area contributed by atoms with E-state index in [-0.39, 0.29) is 0 Å². The maximum atomic E-state index is 5.89. The molecule has 3 aromatic rings. The van der Waals surface area contributed by atoms with Gasteiger partial charge in [-0.15, -0.1) is 0 Å². The van der Waals surface area contributed by atoms with E-state index in [0.717, 1.165) is 29.4 Å². The average molecular weight is 338 g/mol. The number of hydrogen-bond acceptors (Lipinski definition) is 2. The van der Waals surface area contributed by atoms with Crippen molar-refractivity contribution in [2.75, 3.05) is 11.9 Å². The van der Waals surface area contributed by atoms with Crippen LogP contribution in [0.15, 0.2) is 78.9 Å². The number of halogens is 1. The monoisotopic (exact) mass is 337 g/mol. The minimum atomic E-state index is 0.587. The summed E-state index contributed by atoms with van der Waals surface area (Å²) in [7, 11) is 0. The second-order valence-corrected chi connectivity index (χ2v) is 6.04. The summed E-state index contributed by atoms with van der Waals surface area (Å²) in [6.45, 7) is 1.47. The molecule has 0 aliphatic heterocycles. The molecule has 0 aliphatic rings. The van der Waals surface area contributed by atoms with Crippen LogP contribution in [0, 0.1) is 0 Å². The van der Waals surface area contributed by atoms with Gasteiger partial charge in [-0.1, -0.05) is 54.1 Å². The zero-order valence-corrected chi connectivity index (χ0v) is 14.2. The molecule has 0 radical (unpaired) electrons. The van der Waals surface area contributed by atoms with E-state index in [9.17, 15) is 0 Å². The Balaban J connectivity index is 1.45. The fourth-order valence-electron chi connectivity index (χ4n) is 2.41. The van der Waals surface area contributed by atoms with Crippen LogP contribution in [-0.4, -0.2) is 6.54 Å². The lowest BCUT2D eigenvalue weighted by atomic mass is 10.1. The molecule has 0 saturated carbocycles. The molecule has 0 saturated heterocycles. The molecule has 1 N–H and O–H groups in total.